The van der Waals surface area contributed by atoms with Crippen molar-refractivity contribution in [3.63, 3.8) is 0 Å². The maximum Gasteiger partial charge on any atom is 0.251 e. The molecular weight excluding hydrogens is 330 g/mol. The van der Waals surface area contributed by atoms with Crippen LogP contribution in [0.3, 0.4) is 0 Å². The van der Waals surface area contributed by atoms with Gasteiger partial charge in [-0.05, 0) is 37.1 Å². The molecule has 1 aromatic heterocycles. The Balaban J connectivity index is 1.53. The molecule has 8 nitrogen and oxygen atoms in total. The van der Waals surface area contributed by atoms with E-state index in [1.165, 1.54) is 4.31 Å². The van der Waals surface area contributed by atoms with Gasteiger partial charge in [0.2, 0.25) is 10.0 Å². The monoisotopic (exact) mass is 349 g/mol. The van der Waals surface area contributed by atoms with Gasteiger partial charge in [-0.1, -0.05) is 0 Å². The molecule has 2 heterocycles. The average Bonchev–Trinajstić information content (AvgIpc) is 3.28. The molecule has 0 radical (unpaired) electrons. The van der Waals surface area contributed by atoms with E-state index >= 15 is 0 Å². The molecule has 1 aliphatic heterocycles. The summed E-state index contributed by atoms with van der Waals surface area (Å²) >= 11 is 0. The second kappa shape index (κ2) is 7.10. The van der Waals surface area contributed by atoms with Gasteiger partial charge in [-0.15, -0.1) is 10.2 Å². The Morgan fingerprint density at radius 1 is 1.08 bits per heavy atom. The standard InChI is InChI=1S/C15H19N5O3S/c21-15(16-7-10-24(22,23)20-8-1-2-9-20)13-3-5-14(6-4-13)19-11-17-18-12-19/h3-6,11-12H,1-2,7-10H2,(H,16,21). The van der Waals surface area contributed by atoms with E-state index in [0.29, 0.717) is 18.7 Å². The molecule has 1 fully saturated rings. The molecule has 9 heteroatoms. The molecule has 128 valence electrons. The summed E-state index contributed by atoms with van der Waals surface area (Å²) in [6.07, 6.45) is 4.95. The van der Waals surface area contributed by atoms with Gasteiger partial charge in [0, 0.05) is 30.9 Å². The Hall–Kier alpha value is -2.26. The van der Waals surface area contributed by atoms with Crippen LogP contribution in [0.4, 0.5) is 0 Å². The average molecular weight is 349 g/mol. The predicted molar refractivity (Wildman–Crippen MR) is 88.3 cm³/mol. The minimum atomic E-state index is -3.27. The fraction of sp³-hybridized carbons (Fsp3) is 0.400. The molecule has 3 rings (SSSR count). The summed E-state index contributed by atoms with van der Waals surface area (Å²) in [7, 11) is -3.27. The number of carbonyl (C=O) groups excluding carboxylic acids is 1. The summed E-state index contributed by atoms with van der Waals surface area (Å²) < 4.78 is 27.4. The van der Waals surface area contributed by atoms with E-state index in [1.54, 1.807) is 41.5 Å². The molecule has 1 saturated heterocycles. The Labute approximate surface area is 140 Å². The number of aromatic nitrogens is 3. The van der Waals surface area contributed by atoms with Gasteiger partial charge in [-0.25, -0.2) is 12.7 Å². The van der Waals surface area contributed by atoms with Crippen LogP contribution in [0.15, 0.2) is 36.9 Å². The number of nitrogens with one attached hydrogen (secondary N) is 1. The number of amides is 1. The zero-order valence-corrected chi connectivity index (χ0v) is 13.9. The normalized spacial score (nSPS) is 15.5. The lowest BCUT2D eigenvalue weighted by Gasteiger charge is -2.15. The number of benzene rings is 1. The molecule has 2 aromatic rings. The summed E-state index contributed by atoms with van der Waals surface area (Å²) in [5.41, 5.74) is 1.32. The minimum Gasteiger partial charge on any atom is -0.351 e. The third kappa shape index (κ3) is 3.80. The van der Waals surface area contributed by atoms with Crippen molar-refractivity contribution in [1.29, 1.82) is 0 Å². The Morgan fingerprint density at radius 3 is 2.33 bits per heavy atom. The number of hydrogen-bond donors (Lipinski definition) is 1. The molecule has 1 aliphatic rings. The first-order valence-electron chi connectivity index (χ1n) is 7.77. The molecule has 24 heavy (non-hydrogen) atoms. The summed E-state index contributed by atoms with van der Waals surface area (Å²) in [5.74, 6) is -0.362. The van der Waals surface area contributed by atoms with E-state index in [-0.39, 0.29) is 18.2 Å². The molecule has 1 N–H and O–H groups in total. The second-order valence-electron chi connectivity index (χ2n) is 5.59. The zero-order valence-electron chi connectivity index (χ0n) is 13.1. The number of hydrogen-bond acceptors (Lipinski definition) is 5. The lowest BCUT2D eigenvalue weighted by Crippen LogP contribution is -2.36. The largest absolute Gasteiger partial charge is 0.351 e. The second-order valence-corrected chi connectivity index (χ2v) is 7.68. The van der Waals surface area contributed by atoms with E-state index in [9.17, 15) is 13.2 Å². The zero-order chi connectivity index (χ0) is 17.0. The van der Waals surface area contributed by atoms with Gasteiger partial charge in [0.1, 0.15) is 12.7 Å². The highest BCUT2D eigenvalue weighted by molar-refractivity contribution is 7.89. The summed E-state index contributed by atoms with van der Waals surface area (Å²) in [6, 6.07) is 6.91. The van der Waals surface area contributed by atoms with Crippen molar-refractivity contribution in [2.75, 3.05) is 25.4 Å². The van der Waals surface area contributed by atoms with Crippen LogP contribution in [0, 0.1) is 0 Å². The van der Waals surface area contributed by atoms with Gasteiger partial charge in [-0.3, -0.25) is 9.36 Å². The van der Waals surface area contributed by atoms with Crippen molar-refractivity contribution in [3.8, 4) is 5.69 Å². The van der Waals surface area contributed by atoms with Crippen molar-refractivity contribution < 1.29 is 13.2 Å². The van der Waals surface area contributed by atoms with Gasteiger partial charge in [0.25, 0.3) is 5.91 Å². The number of carbonyl (C=O) groups is 1. The van der Waals surface area contributed by atoms with Crippen LogP contribution in [-0.4, -0.2) is 58.8 Å². The molecule has 0 saturated carbocycles. The van der Waals surface area contributed by atoms with Gasteiger partial charge in [0.15, 0.2) is 0 Å². The Kier molecular flexibility index (Phi) is 4.91. The molecular formula is C15H19N5O3S. The topological polar surface area (TPSA) is 97.2 Å². The predicted octanol–water partition coefficient (Wildman–Crippen LogP) is 0.423. The van der Waals surface area contributed by atoms with Gasteiger partial charge in [-0.2, -0.15) is 0 Å². The first kappa shape index (κ1) is 16.6. The lowest BCUT2D eigenvalue weighted by atomic mass is 10.2. The van der Waals surface area contributed by atoms with E-state index < -0.39 is 10.0 Å². The maximum absolute atomic E-state index is 12.1. The van der Waals surface area contributed by atoms with Crippen molar-refractivity contribution in [3.05, 3.63) is 42.5 Å². The molecule has 0 spiro atoms. The SMILES string of the molecule is O=C(NCCS(=O)(=O)N1CCCC1)c1ccc(-n2cnnc2)cc1. The van der Waals surface area contributed by atoms with Gasteiger partial charge in [0.05, 0.1) is 5.75 Å². The van der Waals surface area contributed by atoms with Crippen LogP contribution >= 0.6 is 0 Å². The van der Waals surface area contributed by atoms with Gasteiger partial charge < -0.3 is 5.32 Å². The Bertz CT molecular complexity index is 781. The van der Waals surface area contributed by atoms with Crippen LogP contribution in [0.2, 0.25) is 0 Å². The maximum atomic E-state index is 12.1. The molecule has 0 aliphatic carbocycles. The summed E-state index contributed by atoms with van der Waals surface area (Å²) in [4.78, 5) is 12.1. The lowest BCUT2D eigenvalue weighted by molar-refractivity contribution is 0.0956. The van der Waals surface area contributed by atoms with Crippen LogP contribution in [0.5, 0.6) is 0 Å². The first-order chi connectivity index (χ1) is 11.6. The van der Waals surface area contributed by atoms with Crippen LogP contribution in [0.1, 0.15) is 23.2 Å². The van der Waals surface area contributed by atoms with E-state index in [1.807, 2.05) is 0 Å². The van der Waals surface area contributed by atoms with Crippen LogP contribution in [-0.2, 0) is 10.0 Å². The molecule has 0 atom stereocenters. The highest BCUT2D eigenvalue weighted by Gasteiger charge is 2.24. The quantitative estimate of drug-likeness (QED) is 0.815. The highest BCUT2D eigenvalue weighted by Crippen LogP contribution is 2.13. The number of sulfonamides is 1. The summed E-state index contributed by atoms with van der Waals surface area (Å²) in [6.45, 7) is 1.27. The van der Waals surface area contributed by atoms with Crippen molar-refractivity contribution in [1.82, 2.24) is 24.4 Å². The fourth-order valence-electron chi connectivity index (χ4n) is 2.61. The van der Waals surface area contributed by atoms with E-state index in [0.717, 1.165) is 18.5 Å². The number of nitrogens with zero attached hydrogens (tertiary/aromatic N) is 4. The van der Waals surface area contributed by atoms with Crippen molar-refractivity contribution in [2.24, 2.45) is 0 Å². The molecule has 1 amide bonds. The minimum absolute atomic E-state index is 0.0719. The fourth-order valence-corrected chi connectivity index (χ4v) is 4.04. The van der Waals surface area contributed by atoms with Gasteiger partial charge >= 0.3 is 0 Å². The first-order valence-corrected chi connectivity index (χ1v) is 9.38. The molecule has 0 bridgehead atoms. The third-order valence-corrected chi connectivity index (χ3v) is 5.82. The molecule has 0 unspecified atom stereocenters. The van der Waals surface area contributed by atoms with Crippen molar-refractivity contribution >= 4 is 15.9 Å². The van der Waals surface area contributed by atoms with Crippen LogP contribution in [0.25, 0.3) is 5.69 Å². The third-order valence-electron chi connectivity index (χ3n) is 3.95. The van der Waals surface area contributed by atoms with Crippen LogP contribution < -0.4 is 5.32 Å². The Morgan fingerprint density at radius 2 is 1.71 bits per heavy atom. The molecule has 1 aromatic carbocycles. The van der Waals surface area contributed by atoms with E-state index in [2.05, 4.69) is 15.5 Å². The number of rotatable bonds is 6. The van der Waals surface area contributed by atoms with Crippen molar-refractivity contribution in [2.45, 2.75) is 12.8 Å². The van der Waals surface area contributed by atoms with E-state index in [4.69, 9.17) is 0 Å². The highest BCUT2D eigenvalue weighted by atomic mass is 32.2. The smallest absolute Gasteiger partial charge is 0.251 e. The summed E-state index contributed by atoms with van der Waals surface area (Å²) in [5, 5.41) is 10.1.